The Morgan fingerprint density at radius 2 is 1.76 bits per heavy atom. The van der Waals surface area contributed by atoms with E-state index in [1.54, 1.807) is 12.1 Å². The number of hydrogen-bond donors (Lipinski definition) is 0. The number of nitrogens with zero attached hydrogens (tertiary/aromatic N) is 2. The van der Waals surface area contributed by atoms with Gasteiger partial charge in [0.2, 0.25) is 0 Å². The van der Waals surface area contributed by atoms with Gasteiger partial charge in [0.25, 0.3) is 5.91 Å². The molecular formula is C29H32ClFN2O. The maximum Gasteiger partial charge on any atom is 0.254 e. The summed E-state index contributed by atoms with van der Waals surface area (Å²) in [5.41, 5.74) is 4.03. The van der Waals surface area contributed by atoms with Crippen LogP contribution in [0.5, 0.6) is 0 Å². The minimum absolute atomic E-state index is 0.0455. The number of aryl methyl sites for hydroxylation is 1. The molecule has 3 nitrogen and oxygen atoms in total. The Morgan fingerprint density at radius 3 is 2.41 bits per heavy atom. The fourth-order valence-electron chi connectivity index (χ4n) is 4.88. The van der Waals surface area contributed by atoms with Gasteiger partial charge in [0, 0.05) is 48.7 Å². The monoisotopic (exact) mass is 478 g/mol. The van der Waals surface area contributed by atoms with E-state index >= 15 is 0 Å². The largest absolute Gasteiger partial charge is 0.336 e. The van der Waals surface area contributed by atoms with Gasteiger partial charge < -0.3 is 4.90 Å². The molecule has 178 valence electrons. The predicted molar refractivity (Wildman–Crippen MR) is 137 cm³/mol. The molecule has 1 fully saturated rings. The highest BCUT2D eigenvalue weighted by Gasteiger charge is 2.36. The Balaban J connectivity index is 1.57. The Hall–Kier alpha value is -2.69. The first-order valence-electron chi connectivity index (χ1n) is 11.9. The van der Waals surface area contributed by atoms with E-state index in [1.165, 1.54) is 11.6 Å². The van der Waals surface area contributed by atoms with E-state index < -0.39 is 0 Å². The molecule has 4 rings (SSSR count). The molecule has 0 spiro atoms. The fourth-order valence-corrected chi connectivity index (χ4v) is 5.01. The summed E-state index contributed by atoms with van der Waals surface area (Å²) >= 11 is 6.06. The van der Waals surface area contributed by atoms with Gasteiger partial charge in [-0.2, -0.15) is 0 Å². The highest BCUT2D eigenvalue weighted by Crippen LogP contribution is 2.35. The molecule has 5 heteroatoms. The van der Waals surface area contributed by atoms with Gasteiger partial charge in [0.1, 0.15) is 5.82 Å². The summed E-state index contributed by atoms with van der Waals surface area (Å²) < 4.78 is 14.1. The van der Waals surface area contributed by atoms with Crippen LogP contribution in [-0.2, 0) is 6.54 Å². The number of rotatable bonds is 7. The number of carbonyl (C=O) groups excluding carboxylic acids is 1. The summed E-state index contributed by atoms with van der Waals surface area (Å²) in [6.07, 6.45) is 0. The minimum Gasteiger partial charge on any atom is -0.336 e. The first-order valence-corrected chi connectivity index (χ1v) is 12.3. The third-order valence-corrected chi connectivity index (χ3v) is 6.98. The Morgan fingerprint density at radius 1 is 1.06 bits per heavy atom. The van der Waals surface area contributed by atoms with Crippen molar-refractivity contribution >= 4 is 17.5 Å². The van der Waals surface area contributed by atoms with Crippen molar-refractivity contribution in [2.24, 2.45) is 5.92 Å². The van der Waals surface area contributed by atoms with E-state index in [0.717, 1.165) is 35.8 Å². The van der Waals surface area contributed by atoms with Crippen LogP contribution in [0.1, 0.15) is 46.8 Å². The summed E-state index contributed by atoms with van der Waals surface area (Å²) in [6.45, 7) is 9.23. The molecule has 1 amide bonds. The van der Waals surface area contributed by atoms with Crippen LogP contribution in [0.15, 0.2) is 72.8 Å². The zero-order valence-corrected chi connectivity index (χ0v) is 20.8. The minimum atomic E-state index is -0.219. The van der Waals surface area contributed by atoms with Crippen LogP contribution in [0.4, 0.5) is 4.39 Å². The Bertz CT molecular complexity index is 1110. The first-order chi connectivity index (χ1) is 16.3. The number of amides is 1. The highest BCUT2D eigenvalue weighted by atomic mass is 35.5. The Labute approximate surface area is 207 Å². The second kappa shape index (κ2) is 10.7. The second-order valence-corrected chi connectivity index (χ2v) is 10.1. The smallest absolute Gasteiger partial charge is 0.254 e. The van der Waals surface area contributed by atoms with Crippen LogP contribution < -0.4 is 0 Å². The lowest BCUT2D eigenvalue weighted by Gasteiger charge is -2.32. The van der Waals surface area contributed by atoms with Crippen LogP contribution in [0.25, 0.3) is 0 Å². The molecule has 0 radical (unpaired) electrons. The van der Waals surface area contributed by atoms with Crippen molar-refractivity contribution < 1.29 is 9.18 Å². The SMILES string of the molecule is Cc1ccc(C(=O)N(CC2CN(Cc3ccc(Cl)cc3)CC2c2cccc(F)c2)C(C)C)cc1. The molecule has 1 aliphatic heterocycles. The molecule has 3 aromatic carbocycles. The third kappa shape index (κ3) is 5.86. The maximum absolute atomic E-state index is 14.1. The van der Waals surface area contributed by atoms with Crippen molar-refractivity contribution in [2.45, 2.75) is 39.3 Å². The number of halogens is 2. The van der Waals surface area contributed by atoms with Crippen molar-refractivity contribution in [3.05, 3.63) is 106 Å². The number of likely N-dealkylation sites (tertiary alicyclic amines) is 1. The summed E-state index contributed by atoms with van der Waals surface area (Å²) in [5.74, 6) is 0.175. The normalized spacial score (nSPS) is 18.4. The topological polar surface area (TPSA) is 23.6 Å². The van der Waals surface area contributed by atoms with E-state index in [2.05, 4.69) is 18.7 Å². The third-order valence-electron chi connectivity index (χ3n) is 6.73. The predicted octanol–water partition coefficient (Wildman–Crippen LogP) is 6.55. The lowest BCUT2D eigenvalue weighted by molar-refractivity contribution is 0.0668. The van der Waals surface area contributed by atoms with Crippen LogP contribution in [0.3, 0.4) is 0 Å². The molecule has 0 bridgehead atoms. The standard InChI is InChI=1S/C29H32ClFN2O/c1-20(2)33(29(34)23-11-7-21(3)8-12-23)18-25-17-32(16-22-9-13-26(30)14-10-22)19-28(25)24-5-4-6-27(31)15-24/h4-15,20,25,28H,16-19H2,1-3H3. The molecular weight excluding hydrogens is 447 g/mol. The zero-order valence-electron chi connectivity index (χ0n) is 20.0. The van der Waals surface area contributed by atoms with Gasteiger partial charge in [-0.15, -0.1) is 0 Å². The van der Waals surface area contributed by atoms with Gasteiger partial charge in [0.15, 0.2) is 0 Å². The van der Waals surface area contributed by atoms with E-state index in [1.807, 2.05) is 66.4 Å². The van der Waals surface area contributed by atoms with Crippen molar-refractivity contribution in [3.63, 3.8) is 0 Å². The summed E-state index contributed by atoms with van der Waals surface area (Å²) in [7, 11) is 0. The molecule has 0 aromatic heterocycles. The van der Waals surface area contributed by atoms with Gasteiger partial charge in [-0.05, 0) is 74.2 Å². The van der Waals surface area contributed by atoms with Gasteiger partial charge in [-0.3, -0.25) is 9.69 Å². The van der Waals surface area contributed by atoms with Crippen molar-refractivity contribution in [1.82, 2.24) is 9.80 Å². The summed E-state index contributed by atoms with van der Waals surface area (Å²) in [5, 5.41) is 0.725. The Kier molecular flexibility index (Phi) is 7.70. The second-order valence-electron chi connectivity index (χ2n) is 9.66. The van der Waals surface area contributed by atoms with Crippen LogP contribution in [0.2, 0.25) is 5.02 Å². The number of hydrogen-bond acceptors (Lipinski definition) is 2. The van der Waals surface area contributed by atoms with Crippen molar-refractivity contribution in [3.8, 4) is 0 Å². The zero-order chi connectivity index (χ0) is 24.2. The van der Waals surface area contributed by atoms with Crippen LogP contribution in [-0.4, -0.2) is 41.4 Å². The molecule has 34 heavy (non-hydrogen) atoms. The van der Waals surface area contributed by atoms with Crippen molar-refractivity contribution in [1.29, 1.82) is 0 Å². The van der Waals surface area contributed by atoms with Gasteiger partial charge >= 0.3 is 0 Å². The lowest BCUT2D eigenvalue weighted by Crippen LogP contribution is -2.42. The molecule has 1 heterocycles. The van der Waals surface area contributed by atoms with E-state index in [0.29, 0.717) is 12.1 Å². The van der Waals surface area contributed by atoms with Gasteiger partial charge in [-0.1, -0.05) is 53.6 Å². The van der Waals surface area contributed by atoms with E-state index in [4.69, 9.17) is 11.6 Å². The average molecular weight is 479 g/mol. The quantitative estimate of drug-likeness (QED) is 0.384. The molecule has 0 saturated carbocycles. The first kappa shape index (κ1) is 24.4. The molecule has 0 N–H and O–H groups in total. The van der Waals surface area contributed by atoms with Crippen molar-refractivity contribution in [2.75, 3.05) is 19.6 Å². The lowest BCUT2D eigenvalue weighted by atomic mass is 9.88. The van der Waals surface area contributed by atoms with E-state index in [9.17, 15) is 9.18 Å². The van der Waals surface area contributed by atoms with Gasteiger partial charge in [0.05, 0.1) is 0 Å². The van der Waals surface area contributed by atoms with Crippen LogP contribution >= 0.6 is 11.6 Å². The number of carbonyl (C=O) groups is 1. The molecule has 2 unspecified atom stereocenters. The van der Waals surface area contributed by atoms with E-state index in [-0.39, 0.29) is 29.6 Å². The number of benzene rings is 3. The summed E-state index contributed by atoms with van der Waals surface area (Å²) in [4.78, 5) is 17.8. The highest BCUT2D eigenvalue weighted by molar-refractivity contribution is 6.30. The molecule has 2 atom stereocenters. The van der Waals surface area contributed by atoms with Gasteiger partial charge in [-0.25, -0.2) is 4.39 Å². The average Bonchev–Trinajstić information content (AvgIpc) is 3.21. The fraction of sp³-hybridized carbons (Fsp3) is 0.345. The molecule has 3 aromatic rings. The van der Waals surface area contributed by atoms with Crippen LogP contribution in [0, 0.1) is 18.7 Å². The molecule has 0 aliphatic carbocycles. The summed E-state index contributed by atoms with van der Waals surface area (Å²) in [6, 6.07) is 22.7. The molecule has 1 aliphatic rings. The maximum atomic E-state index is 14.1. The molecule has 1 saturated heterocycles.